The zero-order valence-corrected chi connectivity index (χ0v) is 46.3. The van der Waals surface area contributed by atoms with Gasteiger partial charge in [-0.05, 0) is 86.6 Å². The van der Waals surface area contributed by atoms with Crippen LogP contribution < -0.4 is 21.5 Å². The van der Waals surface area contributed by atoms with Crippen LogP contribution >= 0.6 is 0 Å². The minimum Gasteiger partial charge on any atom is -0.458 e. The summed E-state index contributed by atoms with van der Waals surface area (Å²) in [5, 5.41) is 20.5. The first-order chi connectivity index (χ1) is 38.1. The molecule has 4 N–H and O–H groups in total. The lowest BCUT2D eigenvalue weighted by Crippen LogP contribution is -2.45. The number of amides is 5. The molecule has 3 aliphatic heterocycles. The van der Waals surface area contributed by atoms with Gasteiger partial charge in [-0.25, -0.2) is 14.2 Å². The molecule has 0 spiro atoms. The molecule has 6 atom stereocenters. The molecule has 1 saturated heterocycles. The van der Waals surface area contributed by atoms with Crippen LogP contribution in [-0.2, 0) is 84.2 Å². The number of carbonyl (C=O) groups excluding carboxylic acids is 9. The number of ether oxygens (including phenoxy) is 2. The molecule has 0 radical (unpaired) electrons. The van der Waals surface area contributed by atoms with Gasteiger partial charge >= 0.3 is 5.97 Å². The highest BCUT2D eigenvalue weighted by Crippen LogP contribution is 2.46. The molecule has 5 amide bonds. The first kappa shape index (κ1) is 58.8. The lowest BCUT2D eigenvalue weighted by molar-refractivity contribution is -0.172. The molecule has 426 valence electrons. The number of esters is 1. The van der Waals surface area contributed by atoms with E-state index in [4.69, 9.17) is 14.5 Å². The molecule has 1 fully saturated rings. The van der Waals surface area contributed by atoms with Crippen molar-refractivity contribution >= 4 is 63.8 Å². The molecule has 4 aromatic rings. The molecular weight excluding hydrogens is 1030 g/mol. The van der Waals surface area contributed by atoms with Gasteiger partial charge in [0, 0.05) is 79.0 Å². The number of likely N-dealkylation sites (tertiary alicyclic amines) is 1. The molecule has 1 unspecified atom stereocenters. The molecule has 19 nitrogen and oxygen atoms in total. The third-order valence-electron chi connectivity index (χ3n) is 16.3. The highest BCUT2D eigenvalue weighted by molar-refractivity contribution is 6.03. The summed E-state index contributed by atoms with van der Waals surface area (Å²) < 4.78 is 27.8. The fourth-order valence-electron chi connectivity index (χ4n) is 11.5. The Labute approximate surface area is 463 Å². The first-order valence-electron chi connectivity index (χ1n) is 27.8. The number of nitrogens with one attached hydrogen (secondary N) is 3. The maximum atomic E-state index is 15.4. The number of halogens is 1. The molecule has 2 aromatic heterocycles. The summed E-state index contributed by atoms with van der Waals surface area (Å²) in [7, 11) is 0. The standard InChI is InChI=1S/C60H71FN6O13/c1-7-60(78)44-26-48-54-42(29-67(48)58(76)43(44)30-80-59(60)77)53-46(18-17-40-34(5)45(61)27-47(65-54)52(40)53)64-50(71)31-79-21-19-39(69)28-62-55(73)37(23-36-14-10-8-11-15-36)24-49(70)35(6)63-56(74)41(32(2)3)25-38(68)16-12-9-13-20-66-51(72)22-33(4)57(66)75/h8,10-11,14-15,26-27,32-33,35,37,41,46,78H,7,9,12-13,16-25,28-31H2,1-6H3,(H,62,73)(H,63,74)(H,64,71)/t33?,35-,37+,41-,46-,60-/m0/s1. The molecule has 20 heteroatoms. The van der Waals surface area contributed by atoms with Gasteiger partial charge in [-0.1, -0.05) is 64.4 Å². The van der Waals surface area contributed by atoms with E-state index in [1.165, 1.54) is 22.5 Å². The van der Waals surface area contributed by atoms with Crippen molar-refractivity contribution in [1.29, 1.82) is 0 Å². The Morgan fingerprint density at radius 1 is 0.938 bits per heavy atom. The van der Waals surface area contributed by atoms with Crippen molar-refractivity contribution < 1.29 is 62.1 Å². The van der Waals surface area contributed by atoms with Gasteiger partial charge in [-0.15, -0.1) is 0 Å². The van der Waals surface area contributed by atoms with Crippen LogP contribution in [0.15, 0.2) is 47.3 Å². The molecule has 0 bridgehead atoms. The van der Waals surface area contributed by atoms with Gasteiger partial charge in [-0.2, -0.15) is 0 Å². The van der Waals surface area contributed by atoms with Crippen molar-refractivity contribution in [2.24, 2.45) is 23.7 Å². The van der Waals surface area contributed by atoms with Gasteiger partial charge in [0.2, 0.25) is 29.5 Å². The molecule has 0 saturated carbocycles. The topological polar surface area (TPSA) is 267 Å². The van der Waals surface area contributed by atoms with E-state index >= 15 is 4.39 Å². The first-order valence-corrected chi connectivity index (χ1v) is 27.8. The number of ketones is 3. The van der Waals surface area contributed by atoms with E-state index in [2.05, 4.69) is 16.0 Å². The van der Waals surface area contributed by atoms with Crippen LogP contribution in [0.4, 0.5) is 4.39 Å². The predicted molar refractivity (Wildman–Crippen MR) is 290 cm³/mol. The molecule has 8 rings (SSSR count). The molecular formula is C60H71FN6O13. The van der Waals surface area contributed by atoms with E-state index in [1.54, 1.807) is 39.0 Å². The molecule has 5 heterocycles. The molecule has 80 heavy (non-hydrogen) atoms. The summed E-state index contributed by atoms with van der Waals surface area (Å²) in [4.78, 5) is 138. The number of fused-ring (bicyclic) bond motifs is 5. The van der Waals surface area contributed by atoms with Crippen molar-refractivity contribution in [3.8, 4) is 11.4 Å². The monoisotopic (exact) mass is 1100 g/mol. The number of unbranched alkanes of at least 4 members (excludes halogenated alkanes) is 2. The summed E-state index contributed by atoms with van der Waals surface area (Å²) in [6.45, 7) is 9.33. The Morgan fingerprint density at radius 2 is 1.69 bits per heavy atom. The van der Waals surface area contributed by atoms with Crippen molar-refractivity contribution in [2.75, 3.05) is 26.3 Å². The third kappa shape index (κ3) is 12.5. The second-order valence-corrected chi connectivity index (χ2v) is 22.2. The van der Waals surface area contributed by atoms with Crippen molar-refractivity contribution in [1.82, 2.24) is 30.4 Å². The summed E-state index contributed by atoms with van der Waals surface area (Å²) in [5.74, 6) is -6.21. The number of benzene rings is 2. The Morgan fingerprint density at radius 3 is 2.39 bits per heavy atom. The Hall–Kier alpha value is -7.32. The highest BCUT2D eigenvalue weighted by atomic mass is 19.1. The SMILES string of the molecule is CC[C@@]1(O)C(=O)OCc2c1cc1n(c2=O)Cc2c-1nc1cc(F)c(C)c3c1c2[C@@H](NC(=O)COCCC(=O)CNC(=O)[C@@H](CC(=O)[C@H](C)NC(=O)[C@@H](CC(=O)CCCCCN1C(=O)CC(C)C1=O)C(C)C)Cc1ccccc1)CC3. The number of nitrogens with zero attached hydrogens (tertiary/aromatic N) is 3. The minimum atomic E-state index is -2.05. The fourth-order valence-corrected chi connectivity index (χ4v) is 11.5. The number of carbonyl (C=O) groups is 9. The average molecular weight is 1100 g/mol. The number of rotatable bonds is 26. The fraction of sp³-hybridized carbons (Fsp3) is 0.517. The van der Waals surface area contributed by atoms with E-state index in [-0.39, 0.29) is 112 Å². The third-order valence-corrected chi connectivity index (χ3v) is 16.3. The van der Waals surface area contributed by atoms with E-state index in [1.807, 2.05) is 32.0 Å². The van der Waals surface area contributed by atoms with Gasteiger partial charge < -0.3 is 35.1 Å². The van der Waals surface area contributed by atoms with Crippen LogP contribution in [0.5, 0.6) is 0 Å². The highest BCUT2D eigenvalue weighted by Gasteiger charge is 2.46. The molecule has 1 aliphatic carbocycles. The Balaban J connectivity index is 0.827. The van der Waals surface area contributed by atoms with E-state index in [0.29, 0.717) is 77.6 Å². The van der Waals surface area contributed by atoms with Crippen LogP contribution in [-0.4, -0.2) is 105 Å². The minimum absolute atomic E-state index is 0.0214. The number of Topliss-reactive ketones (excluding diaryl/α,β-unsaturated/α-hetero) is 3. The normalized spacial score (nSPS) is 19.2. The number of aryl methyl sites for hydroxylation is 1. The number of hydrogen-bond acceptors (Lipinski definition) is 14. The number of aromatic nitrogens is 2. The maximum Gasteiger partial charge on any atom is 0.343 e. The van der Waals surface area contributed by atoms with Crippen molar-refractivity contribution in [3.05, 3.63) is 97.6 Å². The van der Waals surface area contributed by atoms with Crippen molar-refractivity contribution in [3.63, 3.8) is 0 Å². The summed E-state index contributed by atoms with van der Waals surface area (Å²) in [6, 6.07) is 10.4. The number of aliphatic hydroxyl groups is 1. The number of cyclic esters (lactones) is 1. The number of pyridine rings is 2. The Bertz CT molecular complexity index is 3210. The van der Waals surface area contributed by atoms with Crippen LogP contribution in [0.3, 0.4) is 0 Å². The maximum absolute atomic E-state index is 15.4. The van der Waals surface area contributed by atoms with E-state index in [9.17, 15) is 53.1 Å². The van der Waals surface area contributed by atoms with Gasteiger partial charge in [0.15, 0.2) is 17.2 Å². The second kappa shape index (κ2) is 25.0. The molecule has 2 aromatic carbocycles. The number of imide groups is 1. The van der Waals surface area contributed by atoms with Crippen LogP contribution in [0.2, 0.25) is 0 Å². The van der Waals surface area contributed by atoms with Crippen molar-refractivity contribution in [2.45, 2.75) is 149 Å². The quantitative estimate of drug-likeness (QED) is 0.0314. The summed E-state index contributed by atoms with van der Waals surface area (Å²) >= 11 is 0. The zero-order chi connectivity index (χ0) is 57.7. The predicted octanol–water partition coefficient (Wildman–Crippen LogP) is 5.23. The Kier molecular flexibility index (Phi) is 18.4. The van der Waals surface area contributed by atoms with Crippen LogP contribution in [0.25, 0.3) is 22.3 Å². The van der Waals surface area contributed by atoms with Gasteiger partial charge in [0.1, 0.15) is 24.8 Å². The van der Waals surface area contributed by atoms with E-state index in [0.717, 1.165) is 11.1 Å². The zero-order valence-electron chi connectivity index (χ0n) is 46.3. The lowest BCUT2D eigenvalue weighted by Gasteiger charge is -2.31. The number of hydrogen-bond donors (Lipinski definition) is 4. The summed E-state index contributed by atoms with van der Waals surface area (Å²) in [6.07, 6.45) is 2.71. The van der Waals surface area contributed by atoms with Crippen LogP contribution in [0.1, 0.15) is 144 Å². The lowest BCUT2D eigenvalue weighted by atomic mass is 9.81. The van der Waals surface area contributed by atoms with Gasteiger partial charge in [-0.3, -0.25) is 48.1 Å². The second-order valence-electron chi connectivity index (χ2n) is 22.2. The van der Waals surface area contributed by atoms with Gasteiger partial charge in [0.25, 0.3) is 5.56 Å². The van der Waals surface area contributed by atoms with Gasteiger partial charge in [0.05, 0.1) is 54.2 Å². The smallest absolute Gasteiger partial charge is 0.343 e. The van der Waals surface area contributed by atoms with Crippen LogP contribution in [0, 0.1) is 36.4 Å². The molecule has 4 aliphatic rings. The van der Waals surface area contributed by atoms with E-state index < -0.39 is 82.8 Å². The summed E-state index contributed by atoms with van der Waals surface area (Å²) in [5.41, 5.74) is 2.08. The average Bonchev–Trinajstić information content (AvgIpc) is 3.96. The largest absolute Gasteiger partial charge is 0.458 e.